The Hall–Kier alpha value is -4.83. The number of thiophene rings is 2. The number of carbonyl (C=O) groups is 2. The fourth-order valence-electron chi connectivity index (χ4n) is 4.26. The van der Waals surface area contributed by atoms with Crippen molar-refractivity contribution in [2.75, 3.05) is 5.73 Å². The van der Waals surface area contributed by atoms with Crippen molar-refractivity contribution >= 4 is 68.3 Å². The maximum absolute atomic E-state index is 13.1. The van der Waals surface area contributed by atoms with E-state index in [4.69, 9.17) is 27.1 Å². The lowest BCUT2D eigenvalue weighted by Crippen LogP contribution is -2.17. The first kappa shape index (κ1) is 27.3. The molecule has 0 spiro atoms. The van der Waals surface area contributed by atoms with E-state index in [0.717, 1.165) is 27.1 Å². The zero-order valence-electron chi connectivity index (χ0n) is 21.8. The molecule has 0 aliphatic rings. The quantitative estimate of drug-likeness (QED) is 0.0829. The van der Waals surface area contributed by atoms with E-state index < -0.39 is 11.9 Å². The van der Waals surface area contributed by atoms with Gasteiger partial charge in [-0.2, -0.15) is 5.10 Å². The average molecular weight is 609 g/mol. The highest BCUT2D eigenvalue weighted by atomic mass is 35.5. The molecule has 3 heterocycles. The molecule has 0 saturated heterocycles. The minimum atomic E-state index is -0.465. The number of nitrogen functional groups attached to an aromatic ring is 1. The molecule has 0 bridgehead atoms. The van der Waals surface area contributed by atoms with Gasteiger partial charge in [0.05, 0.1) is 23.2 Å². The summed E-state index contributed by atoms with van der Waals surface area (Å²) in [5, 5.41) is 7.46. The van der Waals surface area contributed by atoms with E-state index in [1.165, 1.54) is 17.6 Å². The number of hydrazone groups is 1. The highest BCUT2D eigenvalue weighted by Crippen LogP contribution is 2.42. The van der Waals surface area contributed by atoms with Crippen molar-refractivity contribution in [3.05, 3.63) is 123 Å². The molecule has 0 unspecified atom stereocenters. The predicted molar refractivity (Wildman–Crippen MR) is 171 cm³/mol. The van der Waals surface area contributed by atoms with Gasteiger partial charge in [0, 0.05) is 26.4 Å². The number of esters is 1. The highest BCUT2D eigenvalue weighted by molar-refractivity contribution is 7.21. The van der Waals surface area contributed by atoms with Crippen molar-refractivity contribution in [3.8, 4) is 27.4 Å². The number of hydrogen-bond donors (Lipinski definition) is 2. The number of aromatic nitrogens is 1. The van der Waals surface area contributed by atoms with Crippen LogP contribution in [0.2, 0.25) is 5.02 Å². The van der Waals surface area contributed by atoms with E-state index >= 15 is 0 Å². The zero-order chi connectivity index (χ0) is 29.1. The van der Waals surface area contributed by atoms with E-state index in [2.05, 4.69) is 10.5 Å². The van der Waals surface area contributed by atoms with Gasteiger partial charge in [0.25, 0.3) is 5.91 Å². The Labute approximate surface area is 253 Å². The first-order valence-corrected chi connectivity index (χ1v) is 14.8. The third-order valence-corrected chi connectivity index (χ3v) is 8.56. The summed E-state index contributed by atoms with van der Waals surface area (Å²) in [6.07, 6.45) is 1.49. The normalized spacial score (nSPS) is 11.2. The maximum atomic E-state index is 13.1. The molecule has 0 radical (unpaired) electrons. The van der Waals surface area contributed by atoms with Gasteiger partial charge in [-0.25, -0.2) is 15.2 Å². The van der Waals surface area contributed by atoms with Gasteiger partial charge in [-0.05, 0) is 59.5 Å². The second kappa shape index (κ2) is 12.0. The van der Waals surface area contributed by atoms with Gasteiger partial charge in [-0.3, -0.25) is 4.79 Å². The van der Waals surface area contributed by atoms with Crippen molar-refractivity contribution in [2.45, 2.75) is 0 Å². The fourth-order valence-corrected chi connectivity index (χ4v) is 6.14. The molecule has 6 rings (SSSR count). The molecule has 3 aromatic heterocycles. The number of anilines is 1. The summed E-state index contributed by atoms with van der Waals surface area (Å²) in [4.78, 5) is 32.3. The van der Waals surface area contributed by atoms with Crippen LogP contribution in [0, 0.1) is 0 Å². The van der Waals surface area contributed by atoms with Crippen LogP contribution in [0.5, 0.6) is 5.75 Å². The Bertz CT molecular complexity index is 1920. The summed E-state index contributed by atoms with van der Waals surface area (Å²) in [6.45, 7) is 0. The number of hydrogen-bond acceptors (Lipinski definition) is 8. The third-order valence-electron chi connectivity index (χ3n) is 6.31. The topological polar surface area (TPSA) is 107 Å². The molecule has 206 valence electrons. The summed E-state index contributed by atoms with van der Waals surface area (Å²) in [5.74, 6) is -0.441. The van der Waals surface area contributed by atoms with Crippen LogP contribution in [0.1, 0.15) is 25.6 Å². The van der Waals surface area contributed by atoms with Crippen LogP contribution in [0.4, 0.5) is 5.69 Å². The smallest absolute Gasteiger partial charge is 0.343 e. The lowest BCUT2D eigenvalue weighted by molar-refractivity contribution is 0.0734. The summed E-state index contributed by atoms with van der Waals surface area (Å²) in [5.41, 5.74) is 13.1. The Morgan fingerprint density at radius 2 is 1.71 bits per heavy atom. The van der Waals surface area contributed by atoms with Gasteiger partial charge in [0.15, 0.2) is 0 Å². The van der Waals surface area contributed by atoms with Gasteiger partial charge in [-0.15, -0.1) is 22.7 Å². The van der Waals surface area contributed by atoms with Gasteiger partial charge >= 0.3 is 5.97 Å². The third kappa shape index (κ3) is 5.80. The molecular formula is C32H21ClN4O3S2. The zero-order valence-corrected chi connectivity index (χ0v) is 24.2. The SMILES string of the molecule is Nc1c(C(=O)N/N=C/c2ccc(C(=O)Oc3ccccc3)cc2)sc2nc(-c3ccc(Cl)cc3)cc(-c3cccs3)c12. The first-order chi connectivity index (χ1) is 20.5. The van der Waals surface area contributed by atoms with Crippen molar-refractivity contribution in [1.29, 1.82) is 0 Å². The van der Waals surface area contributed by atoms with Crippen LogP contribution in [-0.4, -0.2) is 23.1 Å². The van der Waals surface area contributed by atoms with E-state index in [9.17, 15) is 9.59 Å². The minimum Gasteiger partial charge on any atom is -0.423 e. The number of amides is 1. The van der Waals surface area contributed by atoms with Crippen molar-refractivity contribution in [3.63, 3.8) is 0 Å². The molecule has 0 atom stereocenters. The molecule has 7 nitrogen and oxygen atoms in total. The van der Waals surface area contributed by atoms with Crippen LogP contribution in [0.15, 0.2) is 108 Å². The standard InChI is InChI=1S/C32H21ClN4O3S2/c33-22-14-12-20(13-15-22)25-17-24(26-7-4-16-41-26)27-28(34)29(42-31(27)36-25)30(38)37-35-18-19-8-10-21(11-9-19)32(39)40-23-5-2-1-3-6-23/h1-18H,34H2,(H,37,38)/b35-18+. The van der Waals surface area contributed by atoms with Crippen LogP contribution >= 0.6 is 34.3 Å². The molecule has 6 aromatic rings. The lowest BCUT2D eigenvalue weighted by Gasteiger charge is -2.07. The number of fused-ring (bicyclic) bond motifs is 1. The lowest BCUT2D eigenvalue weighted by atomic mass is 10.0. The predicted octanol–water partition coefficient (Wildman–Crippen LogP) is 7.91. The number of benzene rings is 3. The van der Waals surface area contributed by atoms with Crippen molar-refractivity contribution in [1.82, 2.24) is 10.4 Å². The number of carbonyl (C=O) groups excluding carboxylic acids is 2. The summed E-state index contributed by atoms with van der Waals surface area (Å²) < 4.78 is 5.36. The first-order valence-electron chi connectivity index (χ1n) is 12.7. The maximum Gasteiger partial charge on any atom is 0.343 e. The number of ether oxygens (including phenoxy) is 1. The molecule has 3 aromatic carbocycles. The molecule has 0 saturated carbocycles. The fraction of sp³-hybridized carbons (Fsp3) is 0. The van der Waals surface area contributed by atoms with Crippen LogP contribution in [-0.2, 0) is 0 Å². The van der Waals surface area contributed by atoms with Gasteiger partial charge in [-0.1, -0.05) is 60.1 Å². The second-order valence-corrected chi connectivity index (χ2v) is 11.5. The Balaban J connectivity index is 1.22. The number of halogens is 1. The van der Waals surface area contributed by atoms with Crippen LogP contribution in [0.25, 0.3) is 31.9 Å². The van der Waals surface area contributed by atoms with E-state index in [-0.39, 0.29) is 0 Å². The van der Waals surface area contributed by atoms with E-state index in [1.807, 2.05) is 53.9 Å². The summed E-state index contributed by atoms with van der Waals surface area (Å²) >= 11 is 8.88. The molecule has 0 aliphatic carbocycles. The van der Waals surface area contributed by atoms with Gasteiger partial charge in [0.2, 0.25) is 0 Å². The van der Waals surface area contributed by atoms with Gasteiger partial charge in [0.1, 0.15) is 15.5 Å². The molecule has 1 amide bonds. The Kier molecular flexibility index (Phi) is 7.78. The largest absolute Gasteiger partial charge is 0.423 e. The van der Waals surface area contributed by atoms with Gasteiger partial charge < -0.3 is 10.5 Å². The summed E-state index contributed by atoms with van der Waals surface area (Å²) in [7, 11) is 0. The van der Waals surface area contributed by atoms with Crippen molar-refractivity contribution in [2.24, 2.45) is 5.10 Å². The van der Waals surface area contributed by atoms with Crippen LogP contribution < -0.4 is 15.9 Å². The molecule has 0 aliphatic heterocycles. The molecule has 42 heavy (non-hydrogen) atoms. The van der Waals surface area contributed by atoms with E-state index in [0.29, 0.717) is 37.3 Å². The number of nitrogens with one attached hydrogen (secondary N) is 1. The molecule has 10 heteroatoms. The number of nitrogens with zero attached hydrogens (tertiary/aromatic N) is 2. The summed E-state index contributed by atoms with van der Waals surface area (Å²) in [6, 6.07) is 29.0. The molecule has 3 N–H and O–H groups in total. The minimum absolute atomic E-state index is 0.319. The van der Waals surface area contributed by atoms with E-state index in [1.54, 1.807) is 59.9 Å². The number of rotatable bonds is 7. The second-order valence-electron chi connectivity index (χ2n) is 9.09. The molecule has 0 fully saturated rings. The highest BCUT2D eigenvalue weighted by Gasteiger charge is 2.22. The average Bonchev–Trinajstić information content (AvgIpc) is 3.66. The monoisotopic (exact) mass is 608 g/mol. The number of pyridine rings is 1. The number of para-hydroxylation sites is 1. The van der Waals surface area contributed by atoms with Crippen molar-refractivity contribution < 1.29 is 14.3 Å². The number of nitrogens with two attached hydrogens (primary N) is 1. The Morgan fingerprint density at radius 1 is 0.952 bits per heavy atom. The van der Waals surface area contributed by atoms with Crippen LogP contribution in [0.3, 0.4) is 0 Å². The Morgan fingerprint density at radius 3 is 2.43 bits per heavy atom. The molecular weight excluding hydrogens is 588 g/mol.